The Morgan fingerprint density at radius 1 is 1.56 bits per heavy atom. The van der Waals surface area contributed by atoms with Crippen LogP contribution in [0.1, 0.15) is 44.1 Å². The molecule has 18 heavy (non-hydrogen) atoms. The number of nitrogens with two attached hydrogens (primary N) is 1. The summed E-state index contributed by atoms with van der Waals surface area (Å²) >= 11 is 0. The van der Waals surface area contributed by atoms with Gasteiger partial charge < -0.3 is 10.5 Å². The fraction of sp³-hybridized carbons (Fsp3) is 0.750. The van der Waals surface area contributed by atoms with E-state index in [1.54, 1.807) is 7.11 Å². The van der Waals surface area contributed by atoms with E-state index in [9.17, 15) is 4.79 Å². The maximum absolute atomic E-state index is 11.0. The first-order chi connectivity index (χ1) is 8.60. The van der Waals surface area contributed by atoms with Gasteiger partial charge in [0.15, 0.2) is 0 Å². The van der Waals surface area contributed by atoms with Crippen LogP contribution in [0.3, 0.4) is 0 Å². The molecule has 1 atom stereocenters. The summed E-state index contributed by atoms with van der Waals surface area (Å²) in [5.41, 5.74) is 6.94. The third-order valence-electron chi connectivity index (χ3n) is 2.86. The van der Waals surface area contributed by atoms with E-state index in [2.05, 4.69) is 24.2 Å². The van der Waals surface area contributed by atoms with E-state index in [-0.39, 0.29) is 18.4 Å². The number of hydrogen-bond acceptors (Lipinski definition) is 4. The van der Waals surface area contributed by atoms with Crippen LogP contribution in [0.15, 0.2) is 0 Å². The smallest absolute Gasteiger partial charge is 0.223 e. The zero-order chi connectivity index (χ0) is 13.5. The average Bonchev–Trinajstić information content (AvgIpc) is 2.69. The molecule has 0 saturated carbocycles. The van der Waals surface area contributed by atoms with Crippen molar-refractivity contribution in [3.8, 4) is 0 Å². The molecule has 102 valence electrons. The van der Waals surface area contributed by atoms with Crippen LogP contribution in [0.25, 0.3) is 0 Å². The molecule has 0 radical (unpaired) electrons. The molecule has 2 N–H and O–H groups in total. The molecule has 0 aliphatic heterocycles. The minimum atomic E-state index is -0.371. The third kappa shape index (κ3) is 3.80. The summed E-state index contributed by atoms with van der Waals surface area (Å²) in [6.45, 7) is 4.84. The average molecular weight is 254 g/mol. The fourth-order valence-electron chi connectivity index (χ4n) is 1.91. The summed E-state index contributed by atoms with van der Waals surface area (Å²) in [7, 11) is 1.68. The molecule has 0 spiro atoms. The molecule has 0 fully saturated rings. The van der Waals surface area contributed by atoms with Crippen molar-refractivity contribution in [3.05, 3.63) is 11.4 Å². The molecule has 6 heteroatoms. The van der Waals surface area contributed by atoms with Gasteiger partial charge in [0, 0.05) is 13.7 Å². The lowest BCUT2D eigenvalue weighted by Crippen LogP contribution is -2.17. The van der Waals surface area contributed by atoms with Crippen molar-refractivity contribution in [2.75, 3.05) is 13.7 Å². The molecule has 1 unspecified atom stereocenters. The lowest BCUT2D eigenvalue weighted by Gasteiger charge is -2.14. The molecule has 0 aromatic carbocycles. The Balaban J connectivity index is 2.89. The minimum Gasteiger partial charge on any atom is -0.385 e. The predicted molar refractivity (Wildman–Crippen MR) is 68.1 cm³/mol. The highest BCUT2D eigenvalue weighted by atomic mass is 16.5. The van der Waals surface area contributed by atoms with Crippen LogP contribution in [-0.2, 0) is 22.4 Å². The number of aromatic nitrogens is 3. The first-order valence-electron chi connectivity index (χ1n) is 6.30. The van der Waals surface area contributed by atoms with Crippen LogP contribution in [0, 0.1) is 0 Å². The summed E-state index contributed by atoms with van der Waals surface area (Å²) in [4.78, 5) is 11.0. The molecule has 1 heterocycles. The van der Waals surface area contributed by atoms with Gasteiger partial charge in [-0.3, -0.25) is 4.79 Å². The van der Waals surface area contributed by atoms with Crippen LogP contribution in [0.2, 0.25) is 0 Å². The Morgan fingerprint density at radius 2 is 2.28 bits per heavy atom. The molecule has 0 bridgehead atoms. The number of ether oxygens (including phenoxy) is 1. The number of primary amides is 1. The Kier molecular flexibility index (Phi) is 5.77. The molecule has 0 aliphatic carbocycles. The van der Waals surface area contributed by atoms with Crippen molar-refractivity contribution in [3.63, 3.8) is 0 Å². The summed E-state index contributed by atoms with van der Waals surface area (Å²) in [5.74, 6) is -0.371. The van der Waals surface area contributed by atoms with Crippen molar-refractivity contribution in [1.82, 2.24) is 15.0 Å². The Hall–Kier alpha value is -1.43. The molecular formula is C12H22N4O2. The van der Waals surface area contributed by atoms with E-state index >= 15 is 0 Å². The van der Waals surface area contributed by atoms with E-state index < -0.39 is 0 Å². The van der Waals surface area contributed by atoms with Gasteiger partial charge in [0.2, 0.25) is 5.91 Å². The SMILES string of the molecule is CCCc1c(CC(N)=O)nnn1C(C)CCOC. The molecule has 0 saturated heterocycles. The Bertz CT molecular complexity index is 389. The van der Waals surface area contributed by atoms with Gasteiger partial charge in [-0.1, -0.05) is 18.6 Å². The Morgan fingerprint density at radius 3 is 2.83 bits per heavy atom. The number of methoxy groups -OCH3 is 1. The third-order valence-corrected chi connectivity index (χ3v) is 2.86. The molecule has 1 aromatic rings. The van der Waals surface area contributed by atoms with Gasteiger partial charge in [0.1, 0.15) is 0 Å². The van der Waals surface area contributed by atoms with Gasteiger partial charge in [-0.2, -0.15) is 0 Å². The van der Waals surface area contributed by atoms with Gasteiger partial charge in [-0.25, -0.2) is 4.68 Å². The van der Waals surface area contributed by atoms with Crippen molar-refractivity contribution < 1.29 is 9.53 Å². The van der Waals surface area contributed by atoms with E-state index in [0.717, 1.165) is 25.0 Å². The van der Waals surface area contributed by atoms with Crippen LogP contribution in [0.4, 0.5) is 0 Å². The summed E-state index contributed by atoms with van der Waals surface area (Å²) in [6, 6.07) is 0.209. The lowest BCUT2D eigenvalue weighted by atomic mass is 10.1. The first kappa shape index (κ1) is 14.6. The highest BCUT2D eigenvalue weighted by Crippen LogP contribution is 2.17. The predicted octanol–water partition coefficient (Wildman–Crippen LogP) is 0.856. The fourth-order valence-corrected chi connectivity index (χ4v) is 1.91. The number of carbonyl (C=O) groups is 1. The normalized spacial score (nSPS) is 12.6. The number of hydrogen-bond donors (Lipinski definition) is 1. The quantitative estimate of drug-likeness (QED) is 0.745. The van der Waals surface area contributed by atoms with Crippen LogP contribution in [-0.4, -0.2) is 34.6 Å². The number of rotatable bonds is 8. The van der Waals surface area contributed by atoms with E-state index in [1.807, 2.05) is 4.68 Å². The van der Waals surface area contributed by atoms with Gasteiger partial charge >= 0.3 is 0 Å². The minimum absolute atomic E-state index is 0.159. The van der Waals surface area contributed by atoms with Crippen molar-refractivity contribution in [2.45, 2.75) is 45.6 Å². The van der Waals surface area contributed by atoms with E-state index in [0.29, 0.717) is 12.3 Å². The highest BCUT2D eigenvalue weighted by molar-refractivity contribution is 5.76. The molecule has 1 aromatic heterocycles. The summed E-state index contributed by atoms with van der Waals surface area (Å²) < 4.78 is 6.96. The van der Waals surface area contributed by atoms with Crippen LogP contribution >= 0.6 is 0 Å². The molecular weight excluding hydrogens is 232 g/mol. The topological polar surface area (TPSA) is 83.0 Å². The number of nitrogens with zero attached hydrogens (tertiary/aromatic N) is 3. The number of carbonyl (C=O) groups excluding carboxylic acids is 1. The van der Waals surface area contributed by atoms with Gasteiger partial charge in [0.25, 0.3) is 0 Å². The molecule has 6 nitrogen and oxygen atoms in total. The van der Waals surface area contributed by atoms with E-state index in [4.69, 9.17) is 10.5 Å². The molecule has 1 amide bonds. The molecule has 1 rings (SSSR count). The zero-order valence-electron chi connectivity index (χ0n) is 11.3. The second-order valence-electron chi connectivity index (χ2n) is 4.45. The maximum Gasteiger partial charge on any atom is 0.223 e. The van der Waals surface area contributed by atoms with Crippen LogP contribution in [0.5, 0.6) is 0 Å². The number of amides is 1. The van der Waals surface area contributed by atoms with E-state index in [1.165, 1.54) is 0 Å². The van der Waals surface area contributed by atoms with Crippen molar-refractivity contribution in [2.24, 2.45) is 5.73 Å². The highest BCUT2D eigenvalue weighted by Gasteiger charge is 2.17. The van der Waals surface area contributed by atoms with Gasteiger partial charge in [-0.05, 0) is 19.8 Å². The Labute approximate surface area is 107 Å². The van der Waals surface area contributed by atoms with Gasteiger partial charge in [0.05, 0.1) is 23.9 Å². The summed E-state index contributed by atoms with van der Waals surface area (Å²) in [5, 5.41) is 8.22. The monoisotopic (exact) mass is 254 g/mol. The lowest BCUT2D eigenvalue weighted by molar-refractivity contribution is -0.117. The zero-order valence-corrected chi connectivity index (χ0v) is 11.3. The van der Waals surface area contributed by atoms with Crippen molar-refractivity contribution >= 4 is 5.91 Å². The maximum atomic E-state index is 11.0. The second kappa shape index (κ2) is 7.10. The standard InChI is InChI=1S/C12H22N4O2/c1-4-5-11-10(8-12(13)17)14-15-16(11)9(2)6-7-18-3/h9H,4-8H2,1-3H3,(H2,13,17). The van der Waals surface area contributed by atoms with Crippen LogP contribution < -0.4 is 5.73 Å². The molecule has 0 aliphatic rings. The summed E-state index contributed by atoms with van der Waals surface area (Å²) in [6.07, 6.45) is 2.86. The first-order valence-corrected chi connectivity index (χ1v) is 6.30. The second-order valence-corrected chi connectivity index (χ2v) is 4.45. The van der Waals surface area contributed by atoms with Crippen molar-refractivity contribution in [1.29, 1.82) is 0 Å². The largest absolute Gasteiger partial charge is 0.385 e. The van der Waals surface area contributed by atoms with Gasteiger partial charge in [-0.15, -0.1) is 5.10 Å².